The van der Waals surface area contributed by atoms with Crippen molar-refractivity contribution in [3.8, 4) is 0 Å². The van der Waals surface area contributed by atoms with Crippen molar-refractivity contribution >= 4 is 11.8 Å². The lowest BCUT2D eigenvalue weighted by Gasteiger charge is -2.35. The number of nitrogens with zero attached hydrogens (tertiary/aromatic N) is 3. The highest BCUT2D eigenvalue weighted by Gasteiger charge is 2.26. The number of carbonyl (C=O) groups is 1. The van der Waals surface area contributed by atoms with Gasteiger partial charge in [-0.05, 0) is 6.42 Å². The first-order valence-corrected chi connectivity index (χ1v) is 6.57. The first-order valence-electron chi connectivity index (χ1n) is 6.57. The number of hydrogen-bond donors (Lipinski definition) is 1. The molecule has 1 aliphatic heterocycles. The molecule has 19 heavy (non-hydrogen) atoms. The summed E-state index contributed by atoms with van der Waals surface area (Å²) in [5.74, 6) is -0.0173. The molecule has 2 heterocycles. The van der Waals surface area contributed by atoms with E-state index in [4.69, 9.17) is 9.84 Å². The van der Waals surface area contributed by atoms with E-state index in [9.17, 15) is 4.79 Å². The molecule has 1 aromatic heterocycles. The van der Waals surface area contributed by atoms with Gasteiger partial charge in [-0.25, -0.2) is 9.97 Å². The average molecular weight is 265 g/mol. The van der Waals surface area contributed by atoms with Crippen molar-refractivity contribution in [1.82, 2.24) is 9.97 Å². The maximum Gasteiger partial charge on any atom is 0.305 e. The SMILES string of the molecule is CCCc1cc(N2CCOCC2CC(=O)O)ncn1. The van der Waals surface area contributed by atoms with Crippen molar-refractivity contribution in [2.45, 2.75) is 32.2 Å². The largest absolute Gasteiger partial charge is 0.481 e. The van der Waals surface area contributed by atoms with Crippen molar-refractivity contribution in [2.24, 2.45) is 0 Å². The number of aryl methyl sites for hydroxylation is 1. The van der Waals surface area contributed by atoms with Crippen LogP contribution < -0.4 is 4.90 Å². The van der Waals surface area contributed by atoms with Crippen LogP contribution in [0, 0.1) is 0 Å². The molecule has 1 aliphatic rings. The number of anilines is 1. The van der Waals surface area contributed by atoms with Crippen LogP contribution in [0.15, 0.2) is 12.4 Å². The summed E-state index contributed by atoms with van der Waals surface area (Å²) >= 11 is 0. The number of carboxylic acids is 1. The maximum atomic E-state index is 10.9. The number of morpholine rings is 1. The normalized spacial score (nSPS) is 19.4. The molecule has 0 saturated carbocycles. The molecular formula is C13H19N3O3. The quantitative estimate of drug-likeness (QED) is 0.859. The van der Waals surface area contributed by atoms with Crippen LogP contribution >= 0.6 is 0 Å². The van der Waals surface area contributed by atoms with Crippen molar-refractivity contribution in [3.05, 3.63) is 18.1 Å². The van der Waals surface area contributed by atoms with Gasteiger partial charge >= 0.3 is 5.97 Å². The molecule has 104 valence electrons. The fourth-order valence-corrected chi connectivity index (χ4v) is 2.26. The lowest BCUT2D eigenvalue weighted by Crippen LogP contribution is -2.47. The molecule has 1 aromatic rings. The van der Waals surface area contributed by atoms with Crippen LogP contribution in [0.3, 0.4) is 0 Å². The van der Waals surface area contributed by atoms with Crippen LogP contribution in [-0.4, -0.2) is 46.8 Å². The van der Waals surface area contributed by atoms with Gasteiger partial charge in [0, 0.05) is 18.3 Å². The molecule has 2 rings (SSSR count). The van der Waals surface area contributed by atoms with Crippen LogP contribution in [-0.2, 0) is 16.0 Å². The maximum absolute atomic E-state index is 10.9. The fraction of sp³-hybridized carbons (Fsp3) is 0.615. The molecule has 1 saturated heterocycles. The lowest BCUT2D eigenvalue weighted by atomic mass is 10.1. The van der Waals surface area contributed by atoms with Gasteiger partial charge in [-0.1, -0.05) is 13.3 Å². The third-order valence-corrected chi connectivity index (χ3v) is 3.15. The van der Waals surface area contributed by atoms with E-state index in [0.29, 0.717) is 19.8 Å². The highest BCUT2D eigenvalue weighted by molar-refractivity contribution is 5.68. The van der Waals surface area contributed by atoms with Crippen molar-refractivity contribution in [2.75, 3.05) is 24.7 Å². The number of rotatable bonds is 5. The molecule has 0 aliphatic carbocycles. The van der Waals surface area contributed by atoms with Crippen molar-refractivity contribution < 1.29 is 14.6 Å². The number of carboxylic acid groups (broad SMARTS) is 1. The van der Waals surface area contributed by atoms with Gasteiger partial charge in [-0.15, -0.1) is 0 Å². The summed E-state index contributed by atoms with van der Waals surface area (Å²) in [6.07, 6.45) is 3.54. The summed E-state index contributed by atoms with van der Waals surface area (Å²) in [6, 6.07) is 1.79. The van der Waals surface area contributed by atoms with E-state index >= 15 is 0 Å². The molecule has 6 heteroatoms. The second-order valence-corrected chi connectivity index (χ2v) is 4.64. The van der Waals surface area contributed by atoms with E-state index in [1.807, 2.05) is 11.0 Å². The van der Waals surface area contributed by atoms with Crippen molar-refractivity contribution in [1.29, 1.82) is 0 Å². The van der Waals surface area contributed by atoms with Gasteiger partial charge in [0.15, 0.2) is 0 Å². The summed E-state index contributed by atoms with van der Waals surface area (Å²) in [5, 5.41) is 8.95. The first kappa shape index (κ1) is 13.7. The van der Waals surface area contributed by atoms with Gasteiger partial charge in [0.05, 0.1) is 25.7 Å². The predicted molar refractivity (Wildman–Crippen MR) is 70.2 cm³/mol. The molecular weight excluding hydrogens is 246 g/mol. The molecule has 1 unspecified atom stereocenters. The van der Waals surface area contributed by atoms with E-state index < -0.39 is 5.97 Å². The van der Waals surface area contributed by atoms with E-state index in [1.54, 1.807) is 6.33 Å². The highest BCUT2D eigenvalue weighted by atomic mass is 16.5. The summed E-state index contributed by atoms with van der Waals surface area (Å²) in [5.41, 5.74) is 0.994. The lowest BCUT2D eigenvalue weighted by molar-refractivity contribution is -0.138. The molecule has 0 radical (unpaired) electrons. The standard InChI is InChI=1S/C13H19N3O3/c1-2-3-10-6-12(15-9-14-10)16-4-5-19-8-11(16)7-13(17)18/h6,9,11H,2-5,7-8H2,1H3,(H,17,18). The Balaban J connectivity index is 2.16. The second-order valence-electron chi connectivity index (χ2n) is 4.64. The van der Waals surface area contributed by atoms with Crippen LogP contribution in [0.25, 0.3) is 0 Å². The molecule has 0 aromatic carbocycles. The minimum atomic E-state index is -0.816. The smallest absolute Gasteiger partial charge is 0.305 e. The van der Waals surface area contributed by atoms with Crippen LogP contribution in [0.1, 0.15) is 25.5 Å². The first-order chi connectivity index (χ1) is 9.20. The molecule has 0 spiro atoms. The van der Waals surface area contributed by atoms with Gasteiger partial charge in [0.1, 0.15) is 12.1 Å². The number of aromatic nitrogens is 2. The Morgan fingerprint density at radius 3 is 3.16 bits per heavy atom. The minimum Gasteiger partial charge on any atom is -0.481 e. The van der Waals surface area contributed by atoms with E-state index in [1.165, 1.54) is 0 Å². The Labute approximate surface area is 112 Å². The number of ether oxygens (including phenoxy) is 1. The summed E-state index contributed by atoms with van der Waals surface area (Å²) < 4.78 is 5.36. The molecule has 1 N–H and O–H groups in total. The Morgan fingerprint density at radius 2 is 2.42 bits per heavy atom. The Kier molecular flexibility index (Phi) is 4.68. The minimum absolute atomic E-state index is 0.0626. The van der Waals surface area contributed by atoms with Crippen LogP contribution in [0.5, 0.6) is 0 Å². The highest BCUT2D eigenvalue weighted by Crippen LogP contribution is 2.19. The van der Waals surface area contributed by atoms with E-state index in [-0.39, 0.29) is 12.5 Å². The zero-order valence-corrected chi connectivity index (χ0v) is 11.1. The molecule has 0 bridgehead atoms. The summed E-state index contributed by atoms with van der Waals surface area (Å²) in [4.78, 5) is 21.4. The number of hydrogen-bond acceptors (Lipinski definition) is 5. The van der Waals surface area contributed by atoms with E-state index in [2.05, 4.69) is 16.9 Å². The van der Waals surface area contributed by atoms with E-state index in [0.717, 1.165) is 24.4 Å². The molecule has 1 fully saturated rings. The van der Waals surface area contributed by atoms with Crippen molar-refractivity contribution in [3.63, 3.8) is 0 Å². The molecule has 6 nitrogen and oxygen atoms in total. The van der Waals surface area contributed by atoms with Crippen LogP contribution in [0.4, 0.5) is 5.82 Å². The molecule has 0 amide bonds. The third kappa shape index (κ3) is 3.64. The van der Waals surface area contributed by atoms with Gasteiger partial charge in [0.2, 0.25) is 0 Å². The second kappa shape index (κ2) is 6.47. The average Bonchev–Trinajstić information content (AvgIpc) is 2.39. The Morgan fingerprint density at radius 1 is 1.58 bits per heavy atom. The monoisotopic (exact) mass is 265 g/mol. The zero-order chi connectivity index (χ0) is 13.7. The zero-order valence-electron chi connectivity index (χ0n) is 11.1. The summed E-state index contributed by atoms with van der Waals surface area (Å²) in [6.45, 7) is 3.80. The topological polar surface area (TPSA) is 75.5 Å². The summed E-state index contributed by atoms with van der Waals surface area (Å²) in [7, 11) is 0. The third-order valence-electron chi connectivity index (χ3n) is 3.15. The van der Waals surface area contributed by atoms with Gasteiger partial charge in [0.25, 0.3) is 0 Å². The Hall–Kier alpha value is -1.69. The van der Waals surface area contributed by atoms with Gasteiger partial charge in [-0.2, -0.15) is 0 Å². The number of aliphatic carboxylic acids is 1. The van der Waals surface area contributed by atoms with Crippen LogP contribution in [0.2, 0.25) is 0 Å². The van der Waals surface area contributed by atoms with Gasteiger partial charge in [-0.3, -0.25) is 4.79 Å². The molecule has 1 atom stereocenters. The Bertz CT molecular complexity index is 439. The fourth-order valence-electron chi connectivity index (χ4n) is 2.26. The predicted octanol–water partition coefficient (Wildman–Crippen LogP) is 1.11. The van der Waals surface area contributed by atoms with Gasteiger partial charge < -0.3 is 14.7 Å².